The van der Waals surface area contributed by atoms with Crippen molar-refractivity contribution in [1.82, 2.24) is 9.47 Å². The van der Waals surface area contributed by atoms with Crippen LogP contribution in [0.25, 0.3) is 21.8 Å². The smallest absolute Gasteiger partial charge is 0.221 e. The van der Waals surface area contributed by atoms with E-state index in [0.29, 0.717) is 6.54 Å². The number of nitrogens with one attached hydrogen (secondary N) is 1. The summed E-state index contributed by atoms with van der Waals surface area (Å²) in [6, 6.07) is 32.2. The highest BCUT2D eigenvalue weighted by atomic mass is 16.1. The van der Waals surface area contributed by atoms with Gasteiger partial charge >= 0.3 is 0 Å². The summed E-state index contributed by atoms with van der Waals surface area (Å²) in [5.41, 5.74) is 14.1. The van der Waals surface area contributed by atoms with Crippen molar-refractivity contribution in [3.8, 4) is 0 Å². The number of amides is 1. The number of aryl methyl sites for hydroxylation is 1. The SMILES string of the molecule is CCn1c2ccccc2c2cc(CN(Cc3ccc(CN)cc3)Cc3ccc(NC(C)=O)cc3)ccc21. The van der Waals surface area contributed by atoms with Crippen LogP contribution in [0.15, 0.2) is 91.0 Å². The summed E-state index contributed by atoms with van der Waals surface area (Å²) in [7, 11) is 0. The van der Waals surface area contributed by atoms with Crippen LogP contribution in [0, 0.1) is 0 Å². The van der Waals surface area contributed by atoms with Crippen LogP contribution in [-0.2, 0) is 37.5 Å². The topological polar surface area (TPSA) is 63.3 Å². The number of carbonyl (C=O) groups excluding carboxylic acids is 1. The molecule has 0 spiro atoms. The zero-order chi connectivity index (χ0) is 25.8. The predicted molar refractivity (Wildman–Crippen MR) is 153 cm³/mol. The van der Waals surface area contributed by atoms with Gasteiger partial charge in [0.15, 0.2) is 0 Å². The van der Waals surface area contributed by atoms with E-state index in [4.69, 9.17) is 5.73 Å². The molecule has 0 saturated heterocycles. The summed E-state index contributed by atoms with van der Waals surface area (Å²) in [5.74, 6) is -0.0601. The molecule has 0 fully saturated rings. The molecule has 0 atom stereocenters. The molecule has 3 N–H and O–H groups in total. The Morgan fingerprint density at radius 3 is 1.97 bits per heavy atom. The number of rotatable bonds is 9. The van der Waals surface area contributed by atoms with Crippen molar-refractivity contribution in [2.75, 3.05) is 5.32 Å². The van der Waals surface area contributed by atoms with Gasteiger partial charge in [-0.05, 0) is 59.5 Å². The lowest BCUT2D eigenvalue weighted by molar-refractivity contribution is -0.114. The Kier molecular flexibility index (Phi) is 7.35. The fourth-order valence-electron chi connectivity index (χ4n) is 5.16. The molecule has 4 aromatic carbocycles. The van der Waals surface area contributed by atoms with Gasteiger partial charge in [-0.25, -0.2) is 0 Å². The van der Waals surface area contributed by atoms with E-state index in [1.807, 2.05) is 12.1 Å². The second-order valence-electron chi connectivity index (χ2n) is 9.66. The van der Waals surface area contributed by atoms with Gasteiger partial charge in [-0.2, -0.15) is 0 Å². The molecule has 0 unspecified atom stereocenters. The first-order valence-corrected chi connectivity index (χ1v) is 12.9. The van der Waals surface area contributed by atoms with Gasteiger partial charge in [0, 0.05) is 67.1 Å². The maximum atomic E-state index is 11.4. The maximum Gasteiger partial charge on any atom is 0.221 e. The van der Waals surface area contributed by atoms with Crippen molar-refractivity contribution in [3.05, 3.63) is 113 Å². The summed E-state index contributed by atoms with van der Waals surface area (Å²) in [6.07, 6.45) is 0. The van der Waals surface area contributed by atoms with Gasteiger partial charge in [-0.15, -0.1) is 0 Å². The Balaban J connectivity index is 1.44. The zero-order valence-corrected chi connectivity index (χ0v) is 21.6. The number of anilines is 1. The molecule has 0 aliphatic heterocycles. The Bertz CT molecular complexity index is 1520. The van der Waals surface area contributed by atoms with Gasteiger partial charge in [-0.1, -0.05) is 60.7 Å². The first kappa shape index (κ1) is 24.8. The molecule has 188 valence electrons. The molecule has 0 saturated carbocycles. The fourth-order valence-corrected chi connectivity index (χ4v) is 5.16. The number of hydrogen-bond donors (Lipinski definition) is 2. The molecule has 1 heterocycles. The molecule has 0 aliphatic carbocycles. The highest BCUT2D eigenvalue weighted by Gasteiger charge is 2.13. The van der Waals surface area contributed by atoms with Gasteiger partial charge < -0.3 is 15.6 Å². The molecule has 0 bridgehead atoms. The zero-order valence-electron chi connectivity index (χ0n) is 21.6. The van der Waals surface area contributed by atoms with Crippen molar-refractivity contribution < 1.29 is 4.79 Å². The minimum absolute atomic E-state index is 0.0601. The number of hydrogen-bond acceptors (Lipinski definition) is 3. The van der Waals surface area contributed by atoms with Crippen LogP contribution in [0.1, 0.15) is 36.1 Å². The van der Waals surface area contributed by atoms with Gasteiger partial charge in [0.1, 0.15) is 0 Å². The Labute approximate surface area is 218 Å². The Morgan fingerprint density at radius 1 is 0.757 bits per heavy atom. The third-order valence-corrected chi connectivity index (χ3v) is 6.90. The van der Waals surface area contributed by atoms with E-state index >= 15 is 0 Å². The number of para-hydroxylation sites is 1. The van der Waals surface area contributed by atoms with Gasteiger partial charge in [-0.3, -0.25) is 9.69 Å². The minimum Gasteiger partial charge on any atom is -0.341 e. The summed E-state index contributed by atoms with van der Waals surface area (Å²) >= 11 is 0. The first-order chi connectivity index (χ1) is 18.0. The normalized spacial score (nSPS) is 11.5. The number of fused-ring (bicyclic) bond motifs is 3. The quantitative estimate of drug-likeness (QED) is 0.250. The second kappa shape index (κ2) is 11.0. The van der Waals surface area contributed by atoms with Crippen LogP contribution in [0.4, 0.5) is 5.69 Å². The molecule has 1 aromatic heterocycles. The monoisotopic (exact) mass is 490 g/mol. The summed E-state index contributed by atoms with van der Waals surface area (Å²) in [5, 5.41) is 5.46. The van der Waals surface area contributed by atoms with Gasteiger partial charge in [0.2, 0.25) is 5.91 Å². The lowest BCUT2D eigenvalue weighted by Crippen LogP contribution is -2.22. The lowest BCUT2D eigenvalue weighted by atomic mass is 10.1. The van der Waals surface area contributed by atoms with Crippen LogP contribution >= 0.6 is 0 Å². The molecule has 0 radical (unpaired) electrons. The average molecular weight is 491 g/mol. The average Bonchev–Trinajstić information content (AvgIpc) is 3.23. The predicted octanol–water partition coefficient (Wildman–Crippen LogP) is 6.43. The van der Waals surface area contributed by atoms with Crippen molar-refractivity contribution in [2.24, 2.45) is 5.73 Å². The Morgan fingerprint density at radius 2 is 1.32 bits per heavy atom. The molecular weight excluding hydrogens is 456 g/mol. The summed E-state index contributed by atoms with van der Waals surface area (Å²) < 4.78 is 2.39. The number of nitrogens with zero attached hydrogens (tertiary/aromatic N) is 2. The molecule has 5 nitrogen and oxygen atoms in total. The van der Waals surface area contributed by atoms with Crippen LogP contribution in [-0.4, -0.2) is 15.4 Å². The van der Waals surface area contributed by atoms with E-state index in [0.717, 1.165) is 37.4 Å². The van der Waals surface area contributed by atoms with E-state index in [1.54, 1.807) is 0 Å². The molecule has 0 aliphatic rings. The number of nitrogens with two attached hydrogens (primary N) is 1. The summed E-state index contributed by atoms with van der Waals surface area (Å²) in [6.45, 7) is 7.68. The fraction of sp³-hybridized carbons (Fsp3) is 0.219. The Hall–Kier alpha value is -3.93. The second-order valence-corrected chi connectivity index (χ2v) is 9.66. The van der Waals surface area contributed by atoms with Crippen molar-refractivity contribution >= 4 is 33.4 Å². The van der Waals surface area contributed by atoms with Crippen LogP contribution in [0.3, 0.4) is 0 Å². The standard InChI is InChI=1S/C32H34N4O/c1-3-36-31-7-5-4-6-29(31)30-18-27(14-17-32(30)36)22-35(20-25-10-8-24(19-33)9-11-25)21-26-12-15-28(16-13-26)34-23(2)37/h4-18H,3,19-22,33H2,1-2H3,(H,34,37). The number of benzene rings is 4. The van der Waals surface area contributed by atoms with E-state index in [2.05, 4.69) is 101 Å². The van der Waals surface area contributed by atoms with Gasteiger partial charge in [0.25, 0.3) is 0 Å². The largest absolute Gasteiger partial charge is 0.341 e. The van der Waals surface area contributed by atoms with E-state index in [9.17, 15) is 4.79 Å². The van der Waals surface area contributed by atoms with E-state index in [-0.39, 0.29) is 5.91 Å². The number of carbonyl (C=O) groups is 1. The highest BCUT2D eigenvalue weighted by molar-refractivity contribution is 6.08. The third kappa shape index (κ3) is 5.58. The van der Waals surface area contributed by atoms with Crippen molar-refractivity contribution in [1.29, 1.82) is 0 Å². The minimum atomic E-state index is -0.0601. The maximum absolute atomic E-state index is 11.4. The van der Waals surface area contributed by atoms with E-state index < -0.39 is 0 Å². The molecule has 5 heteroatoms. The van der Waals surface area contributed by atoms with Crippen LogP contribution in [0.5, 0.6) is 0 Å². The highest BCUT2D eigenvalue weighted by Crippen LogP contribution is 2.30. The number of aromatic nitrogens is 1. The molecule has 1 amide bonds. The molecular formula is C32H34N4O. The van der Waals surface area contributed by atoms with Crippen LogP contribution in [0.2, 0.25) is 0 Å². The summed E-state index contributed by atoms with van der Waals surface area (Å²) in [4.78, 5) is 13.9. The molecule has 5 aromatic rings. The molecule has 5 rings (SSSR count). The van der Waals surface area contributed by atoms with Gasteiger partial charge in [0.05, 0.1) is 0 Å². The third-order valence-electron chi connectivity index (χ3n) is 6.90. The lowest BCUT2D eigenvalue weighted by Gasteiger charge is -2.23. The van der Waals surface area contributed by atoms with Crippen molar-refractivity contribution in [3.63, 3.8) is 0 Å². The van der Waals surface area contributed by atoms with Crippen molar-refractivity contribution in [2.45, 2.75) is 46.6 Å². The van der Waals surface area contributed by atoms with Crippen LogP contribution < -0.4 is 11.1 Å². The first-order valence-electron chi connectivity index (χ1n) is 12.9. The van der Waals surface area contributed by atoms with E-state index in [1.165, 1.54) is 45.4 Å². The molecule has 37 heavy (non-hydrogen) atoms.